The van der Waals surface area contributed by atoms with Crippen LogP contribution in [0, 0.1) is 23.4 Å². The third-order valence-electron chi connectivity index (χ3n) is 6.90. The highest BCUT2D eigenvalue weighted by Gasteiger charge is 2.44. The zero-order valence-electron chi connectivity index (χ0n) is 18.8. The molecule has 2 N–H and O–H groups in total. The van der Waals surface area contributed by atoms with Gasteiger partial charge < -0.3 is 10.6 Å². The molecule has 2 aliphatic heterocycles. The second-order valence-electron chi connectivity index (χ2n) is 9.18. The van der Waals surface area contributed by atoms with E-state index in [2.05, 4.69) is 9.97 Å². The second-order valence-corrected chi connectivity index (χ2v) is 11.2. The van der Waals surface area contributed by atoms with Gasteiger partial charge in [-0.15, -0.1) is 0 Å². The molecule has 0 spiro atoms. The van der Waals surface area contributed by atoms with Crippen LogP contribution < -0.4 is 5.73 Å². The fourth-order valence-corrected chi connectivity index (χ4v) is 6.26. The Bertz CT molecular complexity index is 1200. The molecule has 35 heavy (non-hydrogen) atoms. The van der Waals surface area contributed by atoms with Crippen LogP contribution in [-0.2, 0) is 27.7 Å². The molecule has 2 aromatic rings. The lowest BCUT2D eigenvalue weighted by atomic mass is 9.82. The zero-order chi connectivity index (χ0) is 25.3. The van der Waals surface area contributed by atoms with Crippen LogP contribution in [-0.4, -0.2) is 53.1 Å². The SMILES string of the molecule is N[C@H](Cc1cc(F)c(F)cc1F)C1CC2CCC(C1)N2C(=O)CCS(=O)(=O)c1nccc(CF)n1. The summed E-state index contributed by atoms with van der Waals surface area (Å²) in [5, 5.41) is -0.502. The molecule has 190 valence electrons. The number of hydrogen-bond donors (Lipinski definition) is 1. The van der Waals surface area contributed by atoms with E-state index in [4.69, 9.17) is 5.73 Å². The van der Waals surface area contributed by atoms with Gasteiger partial charge in [0.1, 0.15) is 12.5 Å². The number of nitrogens with zero attached hydrogens (tertiary/aromatic N) is 3. The largest absolute Gasteiger partial charge is 0.337 e. The number of rotatable bonds is 8. The Morgan fingerprint density at radius 1 is 1.11 bits per heavy atom. The maximum atomic E-state index is 14.0. The molecule has 7 nitrogen and oxygen atoms in total. The molecule has 0 saturated carbocycles. The summed E-state index contributed by atoms with van der Waals surface area (Å²) in [6.45, 7) is -0.923. The molecule has 2 bridgehead atoms. The summed E-state index contributed by atoms with van der Waals surface area (Å²) in [7, 11) is -3.96. The number of carbonyl (C=O) groups is 1. The quantitative estimate of drug-likeness (QED) is 0.330. The van der Waals surface area contributed by atoms with E-state index in [0.29, 0.717) is 18.9 Å². The summed E-state index contributed by atoms with van der Waals surface area (Å²) >= 11 is 0. The third-order valence-corrected chi connectivity index (χ3v) is 8.39. The number of benzene rings is 1. The molecule has 3 atom stereocenters. The molecule has 2 unspecified atom stereocenters. The van der Waals surface area contributed by atoms with E-state index in [1.54, 1.807) is 4.90 Å². The predicted octanol–water partition coefficient (Wildman–Crippen LogP) is 2.87. The Kier molecular flexibility index (Phi) is 7.41. The van der Waals surface area contributed by atoms with E-state index in [9.17, 15) is 30.8 Å². The van der Waals surface area contributed by atoms with E-state index in [0.717, 1.165) is 25.1 Å². The Labute approximate surface area is 200 Å². The number of piperidine rings is 1. The first kappa shape index (κ1) is 25.5. The zero-order valence-corrected chi connectivity index (χ0v) is 19.7. The summed E-state index contributed by atoms with van der Waals surface area (Å²) < 4.78 is 78.7. The highest BCUT2D eigenvalue weighted by atomic mass is 32.2. The molecule has 0 radical (unpaired) electrons. The first-order chi connectivity index (χ1) is 16.6. The molecule has 2 aliphatic rings. The molecule has 0 aliphatic carbocycles. The fraction of sp³-hybridized carbons (Fsp3) is 0.522. The normalized spacial score (nSPS) is 22.9. The minimum atomic E-state index is -3.96. The van der Waals surface area contributed by atoms with Crippen molar-refractivity contribution in [2.75, 3.05) is 5.75 Å². The number of aromatic nitrogens is 2. The van der Waals surface area contributed by atoms with E-state index in [1.807, 2.05) is 0 Å². The summed E-state index contributed by atoms with van der Waals surface area (Å²) in [5.41, 5.74) is 6.26. The van der Waals surface area contributed by atoms with Crippen LogP contribution in [0.3, 0.4) is 0 Å². The number of sulfone groups is 1. The Balaban J connectivity index is 1.37. The average Bonchev–Trinajstić information content (AvgIpc) is 3.10. The first-order valence-electron chi connectivity index (χ1n) is 11.4. The van der Waals surface area contributed by atoms with Crippen molar-refractivity contribution in [1.82, 2.24) is 14.9 Å². The summed E-state index contributed by atoms with van der Waals surface area (Å²) in [4.78, 5) is 22.1. The van der Waals surface area contributed by atoms with E-state index < -0.39 is 50.9 Å². The molecular weight excluding hydrogens is 488 g/mol. The molecule has 4 rings (SSSR count). The van der Waals surface area contributed by atoms with Gasteiger partial charge in [0.2, 0.25) is 20.9 Å². The number of halogens is 4. The van der Waals surface area contributed by atoms with E-state index in [-0.39, 0.29) is 48.0 Å². The predicted molar refractivity (Wildman–Crippen MR) is 118 cm³/mol. The smallest absolute Gasteiger partial charge is 0.247 e. The van der Waals surface area contributed by atoms with Gasteiger partial charge in [-0.05, 0) is 55.7 Å². The van der Waals surface area contributed by atoms with Crippen LogP contribution in [0.4, 0.5) is 17.6 Å². The molecule has 2 fully saturated rings. The van der Waals surface area contributed by atoms with Crippen molar-refractivity contribution < 1.29 is 30.8 Å². The number of amides is 1. The van der Waals surface area contributed by atoms with Crippen molar-refractivity contribution >= 4 is 15.7 Å². The van der Waals surface area contributed by atoms with Gasteiger partial charge in [-0.3, -0.25) is 4.79 Å². The molecule has 1 aromatic carbocycles. The number of carbonyl (C=O) groups excluding carboxylic acids is 1. The van der Waals surface area contributed by atoms with Crippen molar-refractivity contribution in [1.29, 1.82) is 0 Å². The van der Waals surface area contributed by atoms with Crippen LogP contribution in [0.25, 0.3) is 0 Å². The summed E-state index contributed by atoms with van der Waals surface area (Å²) in [5.74, 6) is -4.09. The number of hydrogen-bond acceptors (Lipinski definition) is 6. The van der Waals surface area contributed by atoms with Crippen molar-refractivity contribution in [3.05, 3.63) is 53.1 Å². The standard InChI is InChI=1S/C23H26F4N4O3S/c24-12-15-3-5-29-23(30-15)35(33,34)6-4-22(32)31-16-1-2-17(31)8-14(7-16)21(28)10-13-9-19(26)20(27)11-18(13)25/h3,5,9,11,14,16-17,21H,1-2,4,6-8,10,12,28H2/t14?,16?,17?,21-/m1/s1. The summed E-state index contributed by atoms with van der Waals surface area (Å²) in [6, 6.07) is 1.86. The summed E-state index contributed by atoms with van der Waals surface area (Å²) in [6.07, 6.45) is 3.55. The topological polar surface area (TPSA) is 106 Å². The van der Waals surface area contributed by atoms with Gasteiger partial charge in [-0.1, -0.05) is 0 Å². The monoisotopic (exact) mass is 514 g/mol. The number of nitrogens with two attached hydrogens (primary N) is 1. The van der Waals surface area contributed by atoms with Gasteiger partial charge in [0, 0.05) is 36.8 Å². The first-order valence-corrected chi connectivity index (χ1v) is 13.0. The van der Waals surface area contributed by atoms with Gasteiger partial charge in [0.25, 0.3) is 0 Å². The fourth-order valence-electron chi connectivity index (χ4n) is 5.16. The lowest BCUT2D eigenvalue weighted by Crippen LogP contribution is -2.50. The lowest BCUT2D eigenvalue weighted by Gasteiger charge is -2.41. The van der Waals surface area contributed by atoms with Gasteiger partial charge in [-0.25, -0.2) is 35.9 Å². The van der Waals surface area contributed by atoms with Crippen LogP contribution >= 0.6 is 0 Å². The van der Waals surface area contributed by atoms with Crippen molar-refractivity contribution in [2.24, 2.45) is 11.7 Å². The minimum absolute atomic E-state index is 0.00603. The Morgan fingerprint density at radius 3 is 2.43 bits per heavy atom. The molecular formula is C23H26F4N4O3S. The molecule has 1 amide bonds. The van der Waals surface area contributed by atoms with Gasteiger partial charge in [-0.2, -0.15) is 0 Å². The van der Waals surface area contributed by atoms with Crippen molar-refractivity contribution in [3.63, 3.8) is 0 Å². The third kappa shape index (κ3) is 5.48. The van der Waals surface area contributed by atoms with Gasteiger partial charge in [0.15, 0.2) is 11.6 Å². The molecule has 3 heterocycles. The average molecular weight is 515 g/mol. The van der Waals surface area contributed by atoms with Crippen molar-refractivity contribution in [3.8, 4) is 0 Å². The number of alkyl halides is 1. The highest BCUT2D eigenvalue weighted by molar-refractivity contribution is 7.91. The van der Waals surface area contributed by atoms with E-state index in [1.165, 1.54) is 6.07 Å². The van der Waals surface area contributed by atoms with Crippen LogP contribution in [0.15, 0.2) is 29.6 Å². The van der Waals surface area contributed by atoms with Crippen LogP contribution in [0.1, 0.15) is 43.4 Å². The highest BCUT2D eigenvalue weighted by Crippen LogP contribution is 2.40. The minimum Gasteiger partial charge on any atom is -0.337 e. The maximum Gasteiger partial charge on any atom is 0.247 e. The number of fused-ring (bicyclic) bond motifs is 2. The van der Waals surface area contributed by atoms with Crippen molar-refractivity contribution in [2.45, 2.75) is 68.5 Å². The lowest BCUT2D eigenvalue weighted by molar-refractivity contribution is -0.136. The van der Waals surface area contributed by atoms with Crippen LogP contribution in [0.2, 0.25) is 0 Å². The Hall–Kier alpha value is -2.60. The Morgan fingerprint density at radius 2 is 1.77 bits per heavy atom. The van der Waals surface area contributed by atoms with Crippen LogP contribution in [0.5, 0.6) is 0 Å². The molecule has 2 saturated heterocycles. The van der Waals surface area contributed by atoms with Gasteiger partial charge in [0.05, 0.1) is 11.4 Å². The molecule has 12 heteroatoms. The molecule has 1 aromatic heterocycles. The van der Waals surface area contributed by atoms with E-state index >= 15 is 0 Å². The van der Waals surface area contributed by atoms with Gasteiger partial charge >= 0.3 is 0 Å². The maximum absolute atomic E-state index is 14.0. The second kappa shape index (κ2) is 10.2.